The molecule has 1 aliphatic heterocycles. The molecule has 2 heterocycles. The van der Waals surface area contributed by atoms with Crippen LogP contribution in [0.4, 0.5) is 0 Å². The average Bonchev–Trinajstić information content (AvgIpc) is 2.74. The number of aromatic nitrogens is 2. The molecule has 2 unspecified atom stereocenters. The third-order valence-corrected chi connectivity index (χ3v) is 4.33. The Morgan fingerprint density at radius 1 is 1.62 bits per heavy atom. The van der Waals surface area contributed by atoms with Crippen molar-refractivity contribution in [3.63, 3.8) is 0 Å². The molecule has 0 saturated carbocycles. The van der Waals surface area contributed by atoms with Gasteiger partial charge < -0.3 is 5.32 Å². The van der Waals surface area contributed by atoms with Crippen LogP contribution in [0.3, 0.4) is 0 Å². The lowest BCUT2D eigenvalue weighted by molar-refractivity contribution is 0.664. The molecule has 16 heavy (non-hydrogen) atoms. The van der Waals surface area contributed by atoms with E-state index in [4.69, 9.17) is 11.6 Å². The highest BCUT2D eigenvalue weighted by atomic mass is 35.5. The minimum absolute atomic E-state index is 0. The summed E-state index contributed by atoms with van der Waals surface area (Å²) in [5.41, 5.74) is 0.807. The lowest BCUT2D eigenvalue weighted by Crippen LogP contribution is -2.20. The van der Waals surface area contributed by atoms with Gasteiger partial charge in [0.05, 0.1) is 16.0 Å². The van der Waals surface area contributed by atoms with Crippen LogP contribution in [0.25, 0.3) is 0 Å². The summed E-state index contributed by atoms with van der Waals surface area (Å²) in [5, 5.41) is 4.02. The van der Waals surface area contributed by atoms with E-state index in [0.717, 1.165) is 25.1 Å². The van der Waals surface area contributed by atoms with Gasteiger partial charge in [-0.05, 0) is 19.9 Å². The zero-order chi connectivity index (χ0) is 10.8. The van der Waals surface area contributed by atoms with Crippen molar-refractivity contribution in [1.29, 1.82) is 0 Å². The fraction of sp³-hybridized carbons (Fsp3) is 0.556. The number of rotatable bonds is 2. The Bertz CT molecular complexity index is 396. The van der Waals surface area contributed by atoms with E-state index >= 15 is 0 Å². The molecule has 1 saturated heterocycles. The van der Waals surface area contributed by atoms with Crippen molar-refractivity contribution in [2.45, 2.75) is 23.8 Å². The van der Waals surface area contributed by atoms with E-state index in [1.54, 1.807) is 6.20 Å². The first-order valence-electron chi connectivity index (χ1n) is 4.79. The lowest BCUT2D eigenvalue weighted by atomic mass is 10.4. The van der Waals surface area contributed by atoms with Crippen LogP contribution in [0, 0.1) is 6.92 Å². The number of hydrogen-bond donors (Lipinski definition) is 1. The van der Waals surface area contributed by atoms with Gasteiger partial charge in [-0.15, -0.1) is 12.4 Å². The second-order valence-electron chi connectivity index (χ2n) is 3.54. The minimum atomic E-state index is -1.15. The molecule has 2 atom stereocenters. The van der Waals surface area contributed by atoms with Crippen LogP contribution in [-0.4, -0.2) is 32.5 Å². The summed E-state index contributed by atoms with van der Waals surface area (Å²) in [6.45, 7) is 3.50. The molecular weight excluding hydrogens is 269 g/mol. The van der Waals surface area contributed by atoms with Crippen molar-refractivity contribution in [2.24, 2.45) is 0 Å². The number of halogens is 2. The molecule has 90 valence electrons. The maximum absolute atomic E-state index is 12.0. The maximum atomic E-state index is 12.0. The zero-order valence-electron chi connectivity index (χ0n) is 8.77. The normalized spacial score (nSPS) is 21.5. The quantitative estimate of drug-likeness (QED) is 0.657. The fourth-order valence-electron chi connectivity index (χ4n) is 1.46. The first-order chi connectivity index (χ1) is 7.18. The molecular formula is C9H13Cl2N3OS. The Kier molecular flexibility index (Phi) is 5.11. The van der Waals surface area contributed by atoms with Crippen LogP contribution < -0.4 is 5.32 Å². The van der Waals surface area contributed by atoms with Gasteiger partial charge in [0.2, 0.25) is 5.16 Å². The Hall–Kier alpha value is -0.230. The van der Waals surface area contributed by atoms with E-state index in [2.05, 4.69) is 15.3 Å². The second kappa shape index (κ2) is 5.91. The number of hydrogen-bond acceptors (Lipinski definition) is 4. The molecule has 2 rings (SSSR count). The van der Waals surface area contributed by atoms with E-state index < -0.39 is 10.8 Å². The van der Waals surface area contributed by atoms with Gasteiger partial charge in [-0.25, -0.2) is 9.97 Å². The van der Waals surface area contributed by atoms with E-state index in [1.165, 1.54) is 0 Å². The first kappa shape index (κ1) is 13.8. The molecule has 1 aromatic heterocycles. The summed E-state index contributed by atoms with van der Waals surface area (Å²) >= 11 is 5.86. The molecule has 0 aromatic carbocycles. The third kappa shape index (κ3) is 2.91. The van der Waals surface area contributed by atoms with E-state index in [-0.39, 0.29) is 17.7 Å². The second-order valence-corrected chi connectivity index (χ2v) is 5.52. The number of nitrogens with one attached hydrogen (secondary N) is 1. The van der Waals surface area contributed by atoms with E-state index in [1.807, 2.05) is 6.92 Å². The van der Waals surface area contributed by atoms with Gasteiger partial charge in [-0.2, -0.15) is 0 Å². The van der Waals surface area contributed by atoms with E-state index in [0.29, 0.717) is 10.3 Å². The SMILES string of the molecule is Cc1cnc(S(=O)C2CCNC2)nc1Cl.Cl. The van der Waals surface area contributed by atoms with Crippen LogP contribution >= 0.6 is 24.0 Å². The standard InChI is InChI=1S/C9H12ClN3OS.ClH/c1-6-4-12-9(13-8(6)10)15(14)7-2-3-11-5-7;/h4,7,11H,2-3,5H2,1H3;1H. The van der Waals surface area contributed by atoms with Crippen molar-refractivity contribution in [3.8, 4) is 0 Å². The van der Waals surface area contributed by atoms with Crippen LogP contribution in [0.15, 0.2) is 11.4 Å². The van der Waals surface area contributed by atoms with Crippen molar-refractivity contribution in [1.82, 2.24) is 15.3 Å². The van der Waals surface area contributed by atoms with Crippen molar-refractivity contribution < 1.29 is 4.21 Å². The van der Waals surface area contributed by atoms with Gasteiger partial charge in [0, 0.05) is 18.3 Å². The van der Waals surface area contributed by atoms with Crippen molar-refractivity contribution in [3.05, 3.63) is 16.9 Å². The Morgan fingerprint density at radius 3 is 2.94 bits per heavy atom. The molecule has 1 fully saturated rings. The zero-order valence-corrected chi connectivity index (χ0v) is 11.2. The molecule has 0 spiro atoms. The van der Waals surface area contributed by atoms with Crippen LogP contribution in [0.2, 0.25) is 5.15 Å². The summed E-state index contributed by atoms with van der Waals surface area (Å²) in [7, 11) is -1.15. The highest BCUT2D eigenvalue weighted by Gasteiger charge is 2.24. The molecule has 0 amide bonds. The van der Waals surface area contributed by atoms with Gasteiger partial charge in [-0.1, -0.05) is 11.6 Å². The predicted molar refractivity (Wildman–Crippen MR) is 66.7 cm³/mol. The minimum Gasteiger partial charge on any atom is -0.315 e. The monoisotopic (exact) mass is 281 g/mol. The van der Waals surface area contributed by atoms with Gasteiger partial charge in [-0.3, -0.25) is 4.21 Å². The Morgan fingerprint density at radius 2 is 2.38 bits per heavy atom. The van der Waals surface area contributed by atoms with Crippen molar-refractivity contribution in [2.75, 3.05) is 13.1 Å². The summed E-state index contributed by atoms with van der Waals surface area (Å²) in [6, 6.07) is 0. The molecule has 0 bridgehead atoms. The Labute approximate surface area is 108 Å². The molecule has 7 heteroatoms. The lowest BCUT2D eigenvalue weighted by Gasteiger charge is -2.07. The molecule has 1 aromatic rings. The van der Waals surface area contributed by atoms with Crippen LogP contribution in [0.1, 0.15) is 12.0 Å². The van der Waals surface area contributed by atoms with Gasteiger partial charge in [0.25, 0.3) is 0 Å². The fourth-order valence-corrected chi connectivity index (χ4v) is 2.88. The predicted octanol–water partition coefficient (Wildman–Crippen LogP) is 1.33. The topological polar surface area (TPSA) is 54.9 Å². The van der Waals surface area contributed by atoms with Gasteiger partial charge in [0.15, 0.2) is 0 Å². The molecule has 0 aliphatic carbocycles. The number of aryl methyl sites for hydroxylation is 1. The van der Waals surface area contributed by atoms with Gasteiger partial charge in [0.1, 0.15) is 5.15 Å². The van der Waals surface area contributed by atoms with Crippen LogP contribution in [0.5, 0.6) is 0 Å². The van der Waals surface area contributed by atoms with Crippen LogP contribution in [-0.2, 0) is 10.8 Å². The molecule has 0 radical (unpaired) electrons. The number of nitrogens with zero attached hydrogens (tertiary/aromatic N) is 2. The largest absolute Gasteiger partial charge is 0.315 e. The van der Waals surface area contributed by atoms with Crippen molar-refractivity contribution >= 4 is 34.8 Å². The summed E-state index contributed by atoms with van der Waals surface area (Å²) < 4.78 is 12.0. The molecule has 1 aliphatic rings. The molecule has 4 nitrogen and oxygen atoms in total. The molecule has 1 N–H and O–H groups in total. The van der Waals surface area contributed by atoms with Gasteiger partial charge >= 0.3 is 0 Å². The summed E-state index contributed by atoms with van der Waals surface area (Å²) in [6.07, 6.45) is 2.52. The maximum Gasteiger partial charge on any atom is 0.220 e. The smallest absolute Gasteiger partial charge is 0.220 e. The third-order valence-electron chi connectivity index (χ3n) is 2.39. The van der Waals surface area contributed by atoms with E-state index in [9.17, 15) is 4.21 Å². The highest BCUT2D eigenvalue weighted by molar-refractivity contribution is 7.85. The highest BCUT2D eigenvalue weighted by Crippen LogP contribution is 2.16. The Balaban J connectivity index is 0.00000128. The average molecular weight is 282 g/mol. The summed E-state index contributed by atoms with van der Waals surface area (Å²) in [4.78, 5) is 8.10. The summed E-state index contributed by atoms with van der Waals surface area (Å²) in [5.74, 6) is 0. The first-order valence-corrected chi connectivity index (χ1v) is 6.38.